The van der Waals surface area contributed by atoms with Crippen LogP contribution < -0.4 is 14.4 Å². The number of carbonyl (C=O) groups excluding carboxylic acids is 2. The van der Waals surface area contributed by atoms with Crippen LogP contribution >= 0.6 is 11.3 Å². The van der Waals surface area contributed by atoms with Crippen LogP contribution in [-0.2, 0) is 9.59 Å². The summed E-state index contributed by atoms with van der Waals surface area (Å²) in [5.41, 5.74) is 2.96. The second-order valence-corrected chi connectivity index (χ2v) is 10.3. The number of aliphatic hydroxyl groups excluding tert-OH is 1. The van der Waals surface area contributed by atoms with Gasteiger partial charge in [0.25, 0.3) is 5.78 Å². The van der Waals surface area contributed by atoms with Crippen molar-refractivity contribution in [1.82, 2.24) is 4.98 Å². The van der Waals surface area contributed by atoms with Crippen molar-refractivity contribution in [2.24, 2.45) is 0 Å². The number of carbonyl (C=O) groups is 2. The number of nitrogens with zero attached hydrogens (tertiary/aromatic N) is 2. The third kappa shape index (κ3) is 4.52. The van der Waals surface area contributed by atoms with Gasteiger partial charge in [0.05, 0.1) is 35.5 Å². The standard InChI is InChI=1S/C30H28N2O5S/c1-5-37-22-14-15-23-24(16-22)38-30(31-23)32-26(19-8-6-18(7-9-19)17(2)3)25(28(34)29(32)35)27(33)20-10-12-21(36-4)13-11-20/h6-17,26,33H,5H2,1-4H3/b27-25+/t26-/m1/s1. The first-order chi connectivity index (χ1) is 18.3. The SMILES string of the molecule is CCOc1ccc2nc(N3C(=O)C(=O)/C(=C(/O)c4ccc(OC)cc4)[C@H]3c3ccc(C(C)C)cc3)sc2c1. The summed E-state index contributed by atoms with van der Waals surface area (Å²) in [5, 5.41) is 11.7. The highest BCUT2D eigenvalue weighted by atomic mass is 32.1. The highest BCUT2D eigenvalue weighted by Gasteiger charge is 2.48. The van der Waals surface area contributed by atoms with E-state index >= 15 is 0 Å². The van der Waals surface area contributed by atoms with Crippen molar-refractivity contribution < 1.29 is 24.2 Å². The molecule has 0 unspecified atom stereocenters. The molecule has 1 fully saturated rings. The first-order valence-electron chi connectivity index (χ1n) is 12.4. The van der Waals surface area contributed by atoms with Crippen molar-refractivity contribution in [3.8, 4) is 11.5 Å². The van der Waals surface area contributed by atoms with Gasteiger partial charge in [0.15, 0.2) is 5.13 Å². The molecule has 1 aromatic heterocycles. The summed E-state index contributed by atoms with van der Waals surface area (Å²) in [4.78, 5) is 33.1. The molecule has 1 aliphatic heterocycles. The summed E-state index contributed by atoms with van der Waals surface area (Å²) >= 11 is 1.30. The van der Waals surface area contributed by atoms with Crippen molar-refractivity contribution in [2.45, 2.75) is 32.7 Å². The average Bonchev–Trinajstić information content (AvgIpc) is 3.46. The van der Waals surface area contributed by atoms with Crippen molar-refractivity contribution in [2.75, 3.05) is 18.6 Å². The minimum Gasteiger partial charge on any atom is -0.507 e. The molecule has 38 heavy (non-hydrogen) atoms. The highest BCUT2D eigenvalue weighted by Crippen LogP contribution is 2.45. The predicted octanol–water partition coefficient (Wildman–Crippen LogP) is 6.45. The van der Waals surface area contributed by atoms with Gasteiger partial charge in [-0.2, -0.15) is 0 Å². The lowest BCUT2D eigenvalue weighted by molar-refractivity contribution is -0.132. The Kier molecular flexibility index (Phi) is 6.91. The number of benzene rings is 3. The van der Waals surface area contributed by atoms with Gasteiger partial charge in [-0.25, -0.2) is 4.98 Å². The number of ether oxygens (including phenoxy) is 2. The molecule has 5 rings (SSSR count). The lowest BCUT2D eigenvalue weighted by Crippen LogP contribution is -2.29. The number of aromatic nitrogens is 1. The van der Waals surface area contributed by atoms with Gasteiger partial charge in [0.2, 0.25) is 0 Å². The average molecular weight is 529 g/mol. The van der Waals surface area contributed by atoms with Gasteiger partial charge in [-0.3, -0.25) is 14.5 Å². The summed E-state index contributed by atoms with van der Waals surface area (Å²) < 4.78 is 11.7. The molecule has 1 amide bonds. The minimum atomic E-state index is -0.842. The second-order valence-electron chi connectivity index (χ2n) is 9.28. The lowest BCUT2D eigenvalue weighted by Gasteiger charge is -2.23. The van der Waals surface area contributed by atoms with E-state index in [9.17, 15) is 14.7 Å². The van der Waals surface area contributed by atoms with E-state index in [2.05, 4.69) is 18.8 Å². The van der Waals surface area contributed by atoms with E-state index in [-0.39, 0.29) is 11.3 Å². The normalized spacial score (nSPS) is 17.0. The molecule has 0 aliphatic carbocycles. The molecule has 0 radical (unpaired) electrons. The zero-order chi connectivity index (χ0) is 27.0. The summed E-state index contributed by atoms with van der Waals surface area (Å²) in [7, 11) is 1.55. The van der Waals surface area contributed by atoms with Crippen molar-refractivity contribution >= 4 is 44.1 Å². The molecule has 1 saturated heterocycles. The third-order valence-electron chi connectivity index (χ3n) is 6.59. The number of ketones is 1. The van der Waals surface area contributed by atoms with Gasteiger partial charge in [0.1, 0.15) is 17.3 Å². The van der Waals surface area contributed by atoms with Crippen LogP contribution in [0.3, 0.4) is 0 Å². The molecule has 0 saturated carbocycles. The Bertz CT molecular complexity index is 1540. The molecule has 0 spiro atoms. The highest BCUT2D eigenvalue weighted by molar-refractivity contribution is 7.22. The molecule has 4 aromatic rings. The van der Waals surface area contributed by atoms with Crippen LogP contribution in [-0.4, -0.2) is 35.5 Å². The largest absolute Gasteiger partial charge is 0.507 e. The fourth-order valence-electron chi connectivity index (χ4n) is 4.57. The third-order valence-corrected chi connectivity index (χ3v) is 7.61. The molecule has 2 heterocycles. The minimum absolute atomic E-state index is 0.0201. The molecule has 1 aliphatic rings. The van der Waals surface area contributed by atoms with Gasteiger partial charge >= 0.3 is 5.91 Å². The number of aliphatic hydroxyl groups is 1. The molecule has 194 valence electrons. The molecule has 7 nitrogen and oxygen atoms in total. The summed E-state index contributed by atoms with van der Waals surface area (Å²) in [6.45, 7) is 6.64. The Morgan fingerprint density at radius 3 is 2.34 bits per heavy atom. The van der Waals surface area contributed by atoms with Gasteiger partial charge in [-0.1, -0.05) is 49.4 Å². The Labute approximate surface area is 225 Å². The molecular formula is C30H28N2O5S. The number of hydrogen-bond donors (Lipinski definition) is 1. The zero-order valence-corrected chi connectivity index (χ0v) is 22.4. The maximum Gasteiger partial charge on any atom is 0.301 e. The Morgan fingerprint density at radius 2 is 1.71 bits per heavy atom. The Morgan fingerprint density at radius 1 is 1.03 bits per heavy atom. The molecule has 1 atom stereocenters. The van der Waals surface area contributed by atoms with E-state index < -0.39 is 17.7 Å². The smallest absolute Gasteiger partial charge is 0.301 e. The number of hydrogen-bond acceptors (Lipinski definition) is 7. The van der Waals surface area contributed by atoms with Crippen LogP contribution in [0.25, 0.3) is 16.0 Å². The summed E-state index contributed by atoms with van der Waals surface area (Å²) in [6, 6.07) is 19.2. The first-order valence-corrected chi connectivity index (χ1v) is 13.2. The van der Waals surface area contributed by atoms with Crippen LogP contribution in [0.2, 0.25) is 0 Å². The quantitative estimate of drug-likeness (QED) is 0.168. The van der Waals surface area contributed by atoms with E-state index in [1.54, 1.807) is 31.4 Å². The van der Waals surface area contributed by atoms with E-state index in [1.807, 2.05) is 49.4 Å². The molecule has 8 heteroatoms. The van der Waals surface area contributed by atoms with Crippen LogP contribution in [0.4, 0.5) is 5.13 Å². The van der Waals surface area contributed by atoms with Gasteiger partial charge in [-0.05, 0) is 66.4 Å². The van der Waals surface area contributed by atoms with Crippen molar-refractivity contribution in [3.63, 3.8) is 0 Å². The number of Topliss-reactive ketones (excluding diaryl/α,β-unsaturated/α-hetero) is 1. The second kappa shape index (κ2) is 10.3. The van der Waals surface area contributed by atoms with Gasteiger partial charge < -0.3 is 14.6 Å². The molecular weight excluding hydrogens is 500 g/mol. The zero-order valence-electron chi connectivity index (χ0n) is 21.6. The molecule has 3 aromatic carbocycles. The fraction of sp³-hybridized carbons (Fsp3) is 0.233. The van der Waals surface area contributed by atoms with Crippen LogP contribution in [0, 0.1) is 0 Å². The number of methoxy groups -OCH3 is 1. The van der Waals surface area contributed by atoms with E-state index in [0.717, 1.165) is 10.3 Å². The fourth-order valence-corrected chi connectivity index (χ4v) is 5.59. The van der Waals surface area contributed by atoms with Crippen LogP contribution in [0.1, 0.15) is 49.4 Å². The maximum atomic E-state index is 13.5. The number of thiazole rings is 1. The summed E-state index contributed by atoms with van der Waals surface area (Å²) in [6.07, 6.45) is 0. The maximum absolute atomic E-state index is 13.5. The Hall–Kier alpha value is -4.17. The lowest BCUT2D eigenvalue weighted by atomic mass is 9.93. The number of rotatable bonds is 7. The van der Waals surface area contributed by atoms with E-state index in [0.29, 0.717) is 45.8 Å². The van der Waals surface area contributed by atoms with Crippen LogP contribution in [0.5, 0.6) is 11.5 Å². The number of fused-ring (bicyclic) bond motifs is 1. The monoisotopic (exact) mass is 528 g/mol. The van der Waals surface area contributed by atoms with E-state index in [4.69, 9.17) is 9.47 Å². The topological polar surface area (TPSA) is 89.0 Å². The predicted molar refractivity (Wildman–Crippen MR) is 149 cm³/mol. The van der Waals surface area contributed by atoms with Crippen LogP contribution in [0.15, 0.2) is 72.3 Å². The summed E-state index contributed by atoms with van der Waals surface area (Å²) in [5.74, 6) is -0.0985. The van der Waals surface area contributed by atoms with E-state index in [1.165, 1.54) is 16.2 Å². The Balaban J connectivity index is 1.67. The van der Waals surface area contributed by atoms with Gasteiger partial charge in [-0.15, -0.1) is 0 Å². The van der Waals surface area contributed by atoms with Gasteiger partial charge in [0, 0.05) is 5.56 Å². The number of anilines is 1. The number of amides is 1. The van der Waals surface area contributed by atoms with Crippen molar-refractivity contribution in [1.29, 1.82) is 0 Å². The molecule has 1 N–H and O–H groups in total. The first kappa shape index (κ1) is 25.5. The van der Waals surface area contributed by atoms with Crippen molar-refractivity contribution in [3.05, 3.63) is 89.0 Å². The molecule has 0 bridgehead atoms.